The number of aliphatic hydroxyl groups excluding tert-OH is 1. The van der Waals surface area contributed by atoms with Crippen molar-refractivity contribution in [2.75, 3.05) is 6.61 Å². The first-order valence-electron chi connectivity index (χ1n) is 3.58. The van der Waals surface area contributed by atoms with Crippen molar-refractivity contribution < 1.29 is 9.90 Å². The summed E-state index contributed by atoms with van der Waals surface area (Å²) in [5.74, 6) is -0.251. The Bertz CT molecular complexity index is 140. The summed E-state index contributed by atoms with van der Waals surface area (Å²) in [6.07, 6.45) is 0. The molecule has 1 atom stereocenters. The second-order valence-electron chi connectivity index (χ2n) is 3.28. The van der Waals surface area contributed by atoms with Crippen molar-refractivity contribution in [3.05, 3.63) is 0 Å². The zero-order valence-corrected chi connectivity index (χ0v) is 7.22. The Balaban J connectivity index is 3.88. The summed E-state index contributed by atoms with van der Waals surface area (Å²) in [4.78, 5) is 11.1. The smallest absolute Gasteiger partial charge is 0.239 e. The molecule has 0 aliphatic rings. The molecule has 0 heterocycles. The summed E-state index contributed by atoms with van der Waals surface area (Å²) in [7, 11) is 0. The third kappa shape index (κ3) is 3.95. The SMILES string of the molecule is C[C@@H](CO)NC(=O)C(C)(C)N. The zero-order valence-electron chi connectivity index (χ0n) is 7.22. The summed E-state index contributed by atoms with van der Waals surface area (Å²) in [6, 6.07) is -0.231. The molecule has 0 radical (unpaired) electrons. The van der Waals surface area contributed by atoms with Crippen LogP contribution >= 0.6 is 0 Å². The molecule has 0 aromatic carbocycles. The maximum absolute atomic E-state index is 11.1. The van der Waals surface area contributed by atoms with Crippen molar-refractivity contribution in [1.29, 1.82) is 0 Å². The van der Waals surface area contributed by atoms with Gasteiger partial charge in [-0.15, -0.1) is 0 Å². The molecule has 4 nitrogen and oxygen atoms in total. The minimum Gasteiger partial charge on any atom is -0.394 e. The number of amides is 1. The Labute approximate surface area is 66.8 Å². The Morgan fingerprint density at radius 3 is 2.45 bits per heavy atom. The maximum Gasteiger partial charge on any atom is 0.239 e. The lowest BCUT2D eigenvalue weighted by atomic mass is 10.1. The largest absolute Gasteiger partial charge is 0.394 e. The molecule has 4 N–H and O–H groups in total. The highest BCUT2D eigenvalue weighted by molar-refractivity contribution is 5.85. The number of carbonyl (C=O) groups excluding carboxylic acids is 1. The molecule has 0 aromatic heterocycles. The third-order valence-corrected chi connectivity index (χ3v) is 1.24. The lowest BCUT2D eigenvalue weighted by Crippen LogP contribution is -2.52. The highest BCUT2D eigenvalue weighted by atomic mass is 16.3. The van der Waals surface area contributed by atoms with Crippen LogP contribution in [-0.2, 0) is 4.79 Å². The van der Waals surface area contributed by atoms with Crippen LogP contribution in [0.4, 0.5) is 0 Å². The van der Waals surface area contributed by atoms with Gasteiger partial charge in [0, 0.05) is 6.04 Å². The number of carbonyl (C=O) groups is 1. The van der Waals surface area contributed by atoms with E-state index in [0.717, 1.165) is 0 Å². The zero-order chi connectivity index (χ0) is 9.07. The van der Waals surface area contributed by atoms with E-state index in [4.69, 9.17) is 10.8 Å². The first-order chi connectivity index (χ1) is 4.88. The van der Waals surface area contributed by atoms with Gasteiger partial charge in [0.05, 0.1) is 12.1 Å². The molecule has 0 fully saturated rings. The summed E-state index contributed by atoms with van der Waals surface area (Å²) < 4.78 is 0. The van der Waals surface area contributed by atoms with Gasteiger partial charge in [0.25, 0.3) is 0 Å². The molecular weight excluding hydrogens is 144 g/mol. The van der Waals surface area contributed by atoms with Crippen LogP contribution in [0.3, 0.4) is 0 Å². The van der Waals surface area contributed by atoms with Gasteiger partial charge in [-0.05, 0) is 20.8 Å². The molecule has 1 amide bonds. The maximum atomic E-state index is 11.1. The van der Waals surface area contributed by atoms with Gasteiger partial charge in [-0.1, -0.05) is 0 Å². The van der Waals surface area contributed by atoms with Crippen LogP contribution < -0.4 is 11.1 Å². The normalized spacial score (nSPS) is 14.3. The van der Waals surface area contributed by atoms with Crippen LogP contribution in [-0.4, -0.2) is 29.2 Å². The molecule has 4 heteroatoms. The number of hydrogen-bond donors (Lipinski definition) is 3. The molecule has 66 valence electrons. The Hall–Kier alpha value is -0.610. The van der Waals surface area contributed by atoms with E-state index in [1.165, 1.54) is 0 Å². The summed E-state index contributed by atoms with van der Waals surface area (Å²) in [5.41, 5.74) is 4.62. The quantitative estimate of drug-likeness (QED) is 0.507. The fourth-order valence-electron chi connectivity index (χ4n) is 0.455. The Morgan fingerprint density at radius 1 is 1.73 bits per heavy atom. The van der Waals surface area contributed by atoms with E-state index in [2.05, 4.69) is 5.32 Å². The van der Waals surface area contributed by atoms with E-state index in [-0.39, 0.29) is 18.6 Å². The van der Waals surface area contributed by atoms with Gasteiger partial charge in [-0.25, -0.2) is 0 Å². The van der Waals surface area contributed by atoms with Gasteiger partial charge in [-0.2, -0.15) is 0 Å². The van der Waals surface area contributed by atoms with Crippen molar-refractivity contribution >= 4 is 5.91 Å². The van der Waals surface area contributed by atoms with Gasteiger partial charge in [0.15, 0.2) is 0 Å². The third-order valence-electron chi connectivity index (χ3n) is 1.24. The molecule has 0 aliphatic carbocycles. The topological polar surface area (TPSA) is 75.3 Å². The molecule has 0 aliphatic heterocycles. The van der Waals surface area contributed by atoms with Crippen molar-refractivity contribution in [1.82, 2.24) is 5.32 Å². The number of aliphatic hydroxyl groups is 1. The molecule has 0 saturated carbocycles. The van der Waals surface area contributed by atoms with E-state index < -0.39 is 5.54 Å². The van der Waals surface area contributed by atoms with Gasteiger partial charge in [0.1, 0.15) is 0 Å². The average molecular weight is 160 g/mol. The molecule has 0 spiro atoms. The standard InChI is InChI=1S/C7H16N2O2/c1-5(4-10)9-6(11)7(2,3)8/h5,10H,4,8H2,1-3H3,(H,9,11)/t5-/m0/s1. The average Bonchev–Trinajstić information content (AvgIpc) is 1.85. The van der Waals surface area contributed by atoms with Crippen LogP contribution in [0.5, 0.6) is 0 Å². The predicted octanol–water partition coefficient (Wildman–Crippen LogP) is -0.779. The van der Waals surface area contributed by atoms with Crippen molar-refractivity contribution in [3.8, 4) is 0 Å². The number of nitrogens with one attached hydrogen (secondary N) is 1. The van der Waals surface area contributed by atoms with Crippen LogP contribution in [0.15, 0.2) is 0 Å². The van der Waals surface area contributed by atoms with E-state index in [9.17, 15) is 4.79 Å². The lowest BCUT2D eigenvalue weighted by molar-refractivity contribution is -0.126. The number of hydrogen-bond acceptors (Lipinski definition) is 3. The fourth-order valence-corrected chi connectivity index (χ4v) is 0.455. The molecule has 11 heavy (non-hydrogen) atoms. The summed E-state index contributed by atoms with van der Waals surface area (Å²) >= 11 is 0. The van der Waals surface area contributed by atoms with E-state index in [0.29, 0.717) is 0 Å². The summed E-state index contributed by atoms with van der Waals surface area (Å²) in [5, 5.41) is 11.1. The minimum atomic E-state index is -0.872. The van der Waals surface area contributed by atoms with Crippen LogP contribution in [0.1, 0.15) is 20.8 Å². The van der Waals surface area contributed by atoms with E-state index >= 15 is 0 Å². The molecule has 0 rings (SSSR count). The molecule has 0 unspecified atom stereocenters. The van der Waals surface area contributed by atoms with E-state index in [1.807, 2.05) is 0 Å². The van der Waals surface area contributed by atoms with Gasteiger partial charge in [0.2, 0.25) is 5.91 Å². The second kappa shape index (κ2) is 3.69. The Kier molecular flexibility index (Phi) is 3.48. The Morgan fingerprint density at radius 2 is 2.18 bits per heavy atom. The highest BCUT2D eigenvalue weighted by Crippen LogP contribution is 1.96. The fraction of sp³-hybridized carbons (Fsp3) is 0.857. The van der Waals surface area contributed by atoms with Crippen molar-refractivity contribution in [2.24, 2.45) is 5.73 Å². The molecule has 0 bridgehead atoms. The molecule has 0 aromatic rings. The predicted molar refractivity (Wildman–Crippen MR) is 43.0 cm³/mol. The first-order valence-corrected chi connectivity index (χ1v) is 3.58. The van der Waals surface area contributed by atoms with Crippen LogP contribution in [0, 0.1) is 0 Å². The van der Waals surface area contributed by atoms with Crippen LogP contribution in [0.2, 0.25) is 0 Å². The summed E-state index contributed by atoms with van der Waals surface area (Å²) in [6.45, 7) is 4.88. The minimum absolute atomic E-state index is 0.0676. The second-order valence-corrected chi connectivity index (χ2v) is 3.28. The van der Waals surface area contributed by atoms with Gasteiger partial charge >= 0.3 is 0 Å². The highest BCUT2D eigenvalue weighted by Gasteiger charge is 2.22. The van der Waals surface area contributed by atoms with Gasteiger partial charge < -0.3 is 16.2 Å². The van der Waals surface area contributed by atoms with Crippen molar-refractivity contribution in [3.63, 3.8) is 0 Å². The van der Waals surface area contributed by atoms with E-state index in [1.54, 1.807) is 20.8 Å². The van der Waals surface area contributed by atoms with Gasteiger partial charge in [-0.3, -0.25) is 4.79 Å². The lowest BCUT2D eigenvalue weighted by Gasteiger charge is -2.20. The number of nitrogens with two attached hydrogens (primary N) is 1. The first kappa shape index (κ1) is 10.4. The number of rotatable bonds is 3. The molecular formula is C7H16N2O2. The molecule has 0 saturated heterocycles. The van der Waals surface area contributed by atoms with Crippen LogP contribution in [0.25, 0.3) is 0 Å². The monoisotopic (exact) mass is 160 g/mol. The van der Waals surface area contributed by atoms with Crippen molar-refractivity contribution in [2.45, 2.75) is 32.4 Å².